The second-order valence-electron chi connectivity index (χ2n) is 10.2. The zero-order valence-electron chi connectivity index (χ0n) is 22.1. The van der Waals surface area contributed by atoms with E-state index in [9.17, 15) is 32.6 Å². The molecule has 1 saturated heterocycles. The third kappa shape index (κ3) is 6.82. The van der Waals surface area contributed by atoms with Gasteiger partial charge in [0.05, 0.1) is 25.2 Å². The molecule has 1 atom stereocenters. The predicted molar refractivity (Wildman–Crippen MR) is 139 cm³/mol. The van der Waals surface area contributed by atoms with Gasteiger partial charge >= 0.3 is 5.97 Å². The Kier molecular flexibility index (Phi) is 9.47. The summed E-state index contributed by atoms with van der Waals surface area (Å²) in [7, 11) is 1.51. The molecule has 2 aromatic carbocycles. The van der Waals surface area contributed by atoms with E-state index in [-0.39, 0.29) is 30.8 Å². The first-order chi connectivity index (χ1) is 19.1. The van der Waals surface area contributed by atoms with E-state index in [2.05, 4.69) is 9.88 Å². The Bertz CT molecular complexity index is 1320. The van der Waals surface area contributed by atoms with E-state index in [1.165, 1.54) is 13.3 Å². The van der Waals surface area contributed by atoms with Crippen molar-refractivity contribution in [1.29, 1.82) is 0 Å². The molecule has 0 spiro atoms. The molecule has 0 aliphatic carbocycles. The minimum absolute atomic E-state index is 0.0704. The number of halogens is 4. The normalized spacial score (nSPS) is 16.1. The third-order valence-corrected chi connectivity index (χ3v) is 7.70. The maximum absolute atomic E-state index is 13.9. The first kappa shape index (κ1) is 29.5. The largest absolute Gasteiger partial charge is 0.497 e. The fourth-order valence-electron chi connectivity index (χ4n) is 5.44. The van der Waals surface area contributed by atoms with Crippen LogP contribution in [0.4, 0.5) is 17.6 Å². The molecule has 2 N–H and O–H groups in total. The van der Waals surface area contributed by atoms with Crippen molar-refractivity contribution in [2.75, 3.05) is 33.4 Å². The number of rotatable bonds is 12. The number of fused-ring (bicyclic) bond motifs is 1. The molecule has 216 valence electrons. The molecule has 0 bridgehead atoms. The number of likely N-dealkylation sites (tertiary alicyclic amines) is 1. The molecular formula is C29H32F4N2O5. The number of hydrogen-bond donors (Lipinski definition) is 2. The SMILES string of the molecule is COc1ccc2ncc(CF)c([C@H](O)CCC3(CC(=O)O)CCN(CCOc4cc(F)c(F)c(F)c4)CC3)c2c1. The molecule has 0 unspecified atom stereocenters. The van der Waals surface area contributed by atoms with Gasteiger partial charge in [0, 0.05) is 35.8 Å². The Hall–Kier alpha value is -3.44. The van der Waals surface area contributed by atoms with Crippen LogP contribution in [0.15, 0.2) is 36.5 Å². The highest BCUT2D eigenvalue weighted by atomic mass is 19.2. The van der Waals surface area contributed by atoms with Gasteiger partial charge in [0.1, 0.15) is 24.8 Å². The maximum atomic E-state index is 13.9. The van der Waals surface area contributed by atoms with Gasteiger partial charge in [-0.2, -0.15) is 0 Å². The average molecular weight is 565 g/mol. The maximum Gasteiger partial charge on any atom is 0.303 e. The van der Waals surface area contributed by atoms with Gasteiger partial charge in [-0.05, 0) is 68.0 Å². The lowest BCUT2D eigenvalue weighted by atomic mass is 9.71. The highest BCUT2D eigenvalue weighted by Crippen LogP contribution is 2.42. The average Bonchev–Trinajstić information content (AvgIpc) is 2.94. The van der Waals surface area contributed by atoms with Gasteiger partial charge in [0.2, 0.25) is 0 Å². The summed E-state index contributed by atoms with van der Waals surface area (Å²) < 4.78 is 64.5. The molecule has 2 heterocycles. The number of carboxylic acids is 1. The van der Waals surface area contributed by atoms with Gasteiger partial charge in [-0.1, -0.05) is 0 Å². The van der Waals surface area contributed by atoms with Crippen LogP contribution in [0.1, 0.15) is 49.3 Å². The van der Waals surface area contributed by atoms with Gasteiger partial charge in [-0.15, -0.1) is 0 Å². The Balaban J connectivity index is 1.40. The summed E-state index contributed by atoms with van der Waals surface area (Å²) in [5.41, 5.74) is 0.731. The molecule has 1 aliphatic rings. The van der Waals surface area contributed by atoms with Gasteiger partial charge in [0.15, 0.2) is 17.5 Å². The van der Waals surface area contributed by atoms with Crippen molar-refractivity contribution in [1.82, 2.24) is 9.88 Å². The predicted octanol–water partition coefficient (Wildman–Crippen LogP) is 5.58. The molecule has 40 heavy (non-hydrogen) atoms. The number of hydrogen-bond acceptors (Lipinski definition) is 6. The number of nitrogens with zero attached hydrogens (tertiary/aromatic N) is 2. The Morgan fingerprint density at radius 1 is 1.12 bits per heavy atom. The van der Waals surface area contributed by atoms with Crippen LogP contribution >= 0.6 is 0 Å². The fraction of sp³-hybridized carbons (Fsp3) is 0.448. The number of benzene rings is 2. The number of pyridine rings is 1. The highest BCUT2D eigenvalue weighted by Gasteiger charge is 2.37. The Morgan fingerprint density at radius 2 is 1.82 bits per heavy atom. The number of aliphatic hydroxyl groups is 1. The lowest BCUT2D eigenvalue weighted by Gasteiger charge is -2.41. The summed E-state index contributed by atoms with van der Waals surface area (Å²) in [4.78, 5) is 18.1. The minimum atomic E-state index is -1.55. The number of carboxylic acid groups (broad SMARTS) is 1. The van der Waals surface area contributed by atoms with E-state index >= 15 is 0 Å². The lowest BCUT2D eigenvalue weighted by Crippen LogP contribution is -2.42. The number of ether oxygens (including phenoxy) is 2. The molecule has 0 amide bonds. The molecule has 4 rings (SSSR count). The number of alkyl halides is 1. The van der Waals surface area contributed by atoms with Crippen molar-refractivity contribution < 1.29 is 42.0 Å². The zero-order valence-corrected chi connectivity index (χ0v) is 22.1. The Labute approximate surface area is 229 Å². The first-order valence-electron chi connectivity index (χ1n) is 13.1. The first-order valence-corrected chi connectivity index (χ1v) is 13.1. The van der Waals surface area contributed by atoms with Crippen LogP contribution < -0.4 is 9.47 Å². The molecule has 7 nitrogen and oxygen atoms in total. The molecule has 3 aromatic rings. The van der Waals surface area contributed by atoms with Crippen molar-refractivity contribution in [3.05, 3.63) is 65.1 Å². The summed E-state index contributed by atoms with van der Waals surface area (Å²) in [6.45, 7) is 0.853. The summed E-state index contributed by atoms with van der Waals surface area (Å²) in [6, 6.07) is 6.75. The van der Waals surface area contributed by atoms with Crippen LogP contribution in [-0.4, -0.2) is 59.4 Å². The smallest absolute Gasteiger partial charge is 0.303 e. The van der Waals surface area contributed by atoms with Gasteiger partial charge in [-0.3, -0.25) is 14.7 Å². The molecular weight excluding hydrogens is 532 g/mol. The number of methoxy groups -OCH3 is 1. The van der Waals surface area contributed by atoms with Gasteiger partial charge < -0.3 is 19.7 Å². The molecule has 1 aromatic heterocycles. The summed E-state index contributed by atoms with van der Waals surface area (Å²) in [6.07, 6.45) is 2.06. The van der Waals surface area contributed by atoms with Crippen molar-refractivity contribution in [3.63, 3.8) is 0 Å². The topological polar surface area (TPSA) is 92.1 Å². The number of carbonyl (C=O) groups is 1. The molecule has 1 aliphatic heterocycles. The van der Waals surface area contributed by atoms with Gasteiger partial charge in [0.25, 0.3) is 0 Å². The van der Waals surface area contributed by atoms with Crippen LogP contribution in [0.25, 0.3) is 10.9 Å². The second-order valence-corrected chi connectivity index (χ2v) is 10.2. The summed E-state index contributed by atoms with van der Waals surface area (Å²) in [5, 5.41) is 21.4. The standard InChI is InChI=1S/C29H32F4N2O5/c1-39-19-2-3-24-21(12-19)27(18(16-30)17-34-24)25(36)4-5-29(15-26(37)38)6-8-35(9-7-29)10-11-40-20-13-22(31)28(33)23(32)14-20/h2-3,12-14,17,25,36H,4-11,15-16H2,1H3,(H,37,38)/t25-/m1/s1. The molecule has 1 fully saturated rings. The number of piperidine rings is 1. The lowest BCUT2D eigenvalue weighted by molar-refractivity contribution is -0.141. The van der Waals surface area contributed by atoms with Crippen LogP contribution in [0, 0.1) is 22.9 Å². The van der Waals surface area contributed by atoms with E-state index in [1.54, 1.807) is 18.2 Å². The van der Waals surface area contributed by atoms with Crippen molar-refractivity contribution >= 4 is 16.9 Å². The van der Waals surface area contributed by atoms with Crippen LogP contribution in [0.3, 0.4) is 0 Å². The molecule has 11 heteroatoms. The van der Waals surface area contributed by atoms with Crippen LogP contribution in [0.5, 0.6) is 11.5 Å². The highest BCUT2D eigenvalue weighted by molar-refractivity contribution is 5.85. The van der Waals surface area contributed by atoms with E-state index in [4.69, 9.17) is 9.47 Å². The summed E-state index contributed by atoms with van der Waals surface area (Å²) >= 11 is 0. The van der Waals surface area contributed by atoms with Crippen molar-refractivity contribution in [2.45, 2.75) is 44.9 Å². The summed E-state index contributed by atoms with van der Waals surface area (Å²) in [5.74, 6) is -4.71. The van der Waals surface area contributed by atoms with Crippen molar-refractivity contribution in [2.24, 2.45) is 5.41 Å². The molecule has 0 radical (unpaired) electrons. The minimum Gasteiger partial charge on any atom is -0.497 e. The quantitative estimate of drug-likeness (QED) is 0.219. The molecule has 0 saturated carbocycles. The number of aromatic nitrogens is 1. The number of aliphatic hydroxyl groups excluding tert-OH is 1. The second kappa shape index (κ2) is 12.8. The fourth-order valence-corrected chi connectivity index (χ4v) is 5.44. The number of aliphatic carboxylic acids is 1. The monoisotopic (exact) mass is 564 g/mol. The van der Waals surface area contributed by atoms with E-state index in [1.807, 2.05) is 0 Å². The Morgan fingerprint density at radius 3 is 2.45 bits per heavy atom. The van der Waals surface area contributed by atoms with E-state index < -0.39 is 41.6 Å². The zero-order chi connectivity index (χ0) is 28.9. The van der Waals surface area contributed by atoms with Crippen LogP contribution in [0.2, 0.25) is 0 Å². The third-order valence-electron chi connectivity index (χ3n) is 7.70. The van der Waals surface area contributed by atoms with Crippen LogP contribution in [-0.2, 0) is 11.5 Å². The van der Waals surface area contributed by atoms with E-state index in [0.29, 0.717) is 61.1 Å². The van der Waals surface area contributed by atoms with Gasteiger partial charge in [-0.25, -0.2) is 17.6 Å². The van der Waals surface area contributed by atoms with Crippen molar-refractivity contribution in [3.8, 4) is 11.5 Å². The van der Waals surface area contributed by atoms with E-state index in [0.717, 1.165) is 12.1 Å².